The number of thiocarbonyl (C=S) groups is 1. The van der Waals surface area contributed by atoms with Crippen molar-refractivity contribution in [2.24, 2.45) is 0 Å². The van der Waals surface area contributed by atoms with E-state index in [-0.39, 0.29) is 5.56 Å². The summed E-state index contributed by atoms with van der Waals surface area (Å²) in [5.41, 5.74) is 6.23. The highest BCUT2D eigenvalue weighted by Gasteiger charge is 2.25. The molecule has 0 unspecified atom stereocenters. The zero-order valence-corrected chi connectivity index (χ0v) is 20.1. The molecular formula is C27H33N3OS. The van der Waals surface area contributed by atoms with Gasteiger partial charge in [-0.25, -0.2) is 0 Å². The van der Waals surface area contributed by atoms with Crippen LogP contribution in [-0.2, 0) is 13.0 Å². The van der Waals surface area contributed by atoms with Crippen molar-refractivity contribution in [2.75, 3.05) is 5.32 Å². The second-order valence-electron chi connectivity index (χ2n) is 8.97. The van der Waals surface area contributed by atoms with Gasteiger partial charge in [0.15, 0.2) is 5.11 Å². The number of nitrogens with one attached hydrogen (secondary N) is 2. The molecule has 1 saturated carbocycles. The normalized spacial score (nSPS) is 14.5. The van der Waals surface area contributed by atoms with E-state index in [2.05, 4.69) is 65.4 Å². The molecule has 1 fully saturated rings. The Kier molecular flexibility index (Phi) is 6.95. The molecule has 1 aliphatic carbocycles. The van der Waals surface area contributed by atoms with Crippen LogP contribution in [0, 0.1) is 13.8 Å². The number of rotatable bonds is 5. The molecule has 32 heavy (non-hydrogen) atoms. The second kappa shape index (κ2) is 9.86. The molecule has 0 saturated heterocycles. The van der Waals surface area contributed by atoms with Crippen LogP contribution in [0.5, 0.6) is 0 Å². The molecular weight excluding hydrogens is 414 g/mol. The van der Waals surface area contributed by atoms with Gasteiger partial charge in [-0.2, -0.15) is 0 Å². The van der Waals surface area contributed by atoms with E-state index in [1.165, 1.54) is 30.4 Å². The number of nitrogens with zero attached hydrogens (tertiary/aromatic N) is 1. The molecule has 1 aromatic heterocycles. The van der Waals surface area contributed by atoms with Gasteiger partial charge >= 0.3 is 0 Å². The summed E-state index contributed by atoms with van der Waals surface area (Å²) in [5, 5.41) is 5.32. The number of anilines is 1. The van der Waals surface area contributed by atoms with Gasteiger partial charge in [0.25, 0.3) is 5.56 Å². The molecule has 1 aliphatic rings. The number of benzene rings is 2. The average Bonchev–Trinajstić information content (AvgIpc) is 2.81. The summed E-state index contributed by atoms with van der Waals surface area (Å²) in [6.07, 6.45) is 6.86. The highest BCUT2D eigenvalue weighted by Crippen LogP contribution is 2.27. The molecule has 3 aromatic rings. The predicted molar refractivity (Wildman–Crippen MR) is 138 cm³/mol. The number of para-hydroxylation sites is 1. The Labute approximate surface area is 196 Å². The van der Waals surface area contributed by atoms with Gasteiger partial charge < -0.3 is 15.2 Å². The Morgan fingerprint density at radius 1 is 1.06 bits per heavy atom. The van der Waals surface area contributed by atoms with Gasteiger partial charge in [0.1, 0.15) is 0 Å². The maximum Gasteiger partial charge on any atom is 0.253 e. The largest absolute Gasteiger partial charge is 0.342 e. The number of aromatic nitrogens is 1. The van der Waals surface area contributed by atoms with Gasteiger partial charge in [0.2, 0.25) is 0 Å². The van der Waals surface area contributed by atoms with Crippen molar-refractivity contribution in [2.45, 2.75) is 71.9 Å². The number of hydrogen-bond donors (Lipinski definition) is 2. The first-order valence-corrected chi connectivity index (χ1v) is 12.2. The first-order valence-electron chi connectivity index (χ1n) is 11.8. The highest BCUT2D eigenvalue weighted by atomic mass is 32.1. The number of hydrogen-bond acceptors (Lipinski definition) is 2. The summed E-state index contributed by atoms with van der Waals surface area (Å²) in [6, 6.07) is 14.9. The zero-order valence-electron chi connectivity index (χ0n) is 19.3. The molecule has 1 heterocycles. The van der Waals surface area contributed by atoms with Gasteiger partial charge in [0, 0.05) is 22.7 Å². The van der Waals surface area contributed by atoms with Crippen LogP contribution in [0.2, 0.25) is 0 Å². The van der Waals surface area contributed by atoms with Crippen molar-refractivity contribution < 1.29 is 0 Å². The third-order valence-electron chi connectivity index (χ3n) is 6.78. The molecule has 168 valence electrons. The molecule has 0 bridgehead atoms. The van der Waals surface area contributed by atoms with Crippen LogP contribution in [0.1, 0.15) is 61.3 Å². The Hall–Kier alpha value is -2.66. The topological polar surface area (TPSA) is 48.1 Å². The highest BCUT2D eigenvalue weighted by molar-refractivity contribution is 7.80. The molecule has 2 N–H and O–H groups in total. The lowest BCUT2D eigenvalue weighted by Crippen LogP contribution is -2.44. The zero-order chi connectivity index (χ0) is 22.7. The monoisotopic (exact) mass is 447 g/mol. The van der Waals surface area contributed by atoms with Gasteiger partial charge in [-0.1, -0.05) is 56.5 Å². The smallest absolute Gasteiger partial charge is 0.253 e. The number of aromatic amines is 1. The lowest BCUT2D eigenvalue weighted by atomic mass is 9.94. The molecule has 0 radical (unpaired) electrons. The van der Waals surface area contributed by atoms with E-state index in [0.29, 0.717) is 17.7 Å². The summed E-state index contributed by atoms with van der Waals surface area (Å²) in [4.78, 5) is 18.4. The maximum atomic E-state index is 13.1. The average molecular weight is 448 g/mol. The van der Waals surface area contributed by atoms with Gasteiger partial charge in [-0.05, 0) is 74.2 Å². The minimum Gasteiger partial charge on any atom is -0.342 e. The number of aryl methyl sites for hydroxylation is 3. The van der Waals surface area contributed by atoms with Crippen molar-refractivity contribution in [1.82, 2.24) is 9.88 Å². The molecule has 0 spiro atoms. The molecule has 2 aromatic carbocycles. The van der Waals surface area contributed by atoms with Crippen LogP contribution in [-0.4, -0.2) is 21.0 Å². The van der Waals surface area contributed by atoms with Gasteiger partial charge in [0.05, 0.1) is 12.1 Å². The lowest BCUT2D eigenvalue weighted by Gasteiger charge is -2.36. The predicted octanol–water partition coefficient (Wildman–Crippen LogP) is 6.24. The molecule has 0 amide bonds. The fourth-order valence-electron chi connectivity index (χ4n) is 4.82. The van der Waals surface area contributed by atoms with E-state index in [4.69, 9.17) is 12.2 Å². The minimum atomic E-state index is -0.0243. The molecule has 5 heteroatoms. The van der Waals surface area contributed by atoms with E-state index in [9.17, 15) is 4.79 Å². The Morgan fingerprint density at radius 3 is 2.53 bits per heavy atom. The summed E-state index contributed by atoms with van der Waals surface area (Å²) in [6.45, 7) is 6.80. The first-order chi connectivity index (χ1) is 15.5. The van der Waals surface area contributed by atoms with Crippen LogP contribution >= 0.6 is 12.2 Å². The third kappa shape index (κ3) is 4.73. The maximum absolute atomic E-state index is 13.1. The van der Waals surface area contributed by atoms with E-state index >= 15 is 0 Å². The molecule has 4 nitrogen and oxygen atoms in total. The van der Waals surface area contributed by atoms with E-state index in [0.717, 1.165) is 47.0 Å². The molecule has 0 aliphatic heterocycles. The Balaban J connectivity index is 1.68. The minimum absolute atomic E-state index is 0.0243. The van der Waals surface area contributed by atoms with Crippen LogP contribution in [0.3, 0.4) is 0 Å². The fourth-order valence-corrected chi connectivity index (χ4v) is 5.14. The van der Waals surface area contributed by atoms with Crippen molar-refractivity contribution in [3.63, 3.8) is 0 Å². The summed E-state index contributed by atoms with van der Waals surface area (Å²) in [5.74, 6) is 0. The third-order valence-corrected chi connectivity index (χ3v) is 7.11. The lowest BCUT2D eigenvalue weighted by molar-refractivity contribution is 0.240. The van der Waals surface area contributed by atoms with E-state index < -0.39 is 0 Å². The van der Waals surface area contributed by atoms with Crippen LogP contribution in [0.25, 0.3) is 10.9 Å². The number of pyridine rings is 1. The van der Waals surface area contributed by atoms with E-state index in [1.807, 2.05) is 13.0 Å². The Bertz CT molecular complexity index is 1180. The number of H-pyrrole nitrogens is 1. The SMILES string of the molecule is CCc1ccccc1NC(=S)N(Cc1cc2c(C)ccc(C)c2[nH]c1=O)C1CCCCC1. The van der Waals surface area contributed by atoms with Crippen molar-refractivity contribution in [3.8, 4) is 0 Å². The summed E-state index contributed by atoms with van der Waals surface area (Å²) in [7, 11) is 0. The van der Waals surface area contributed by atoms with Gasteiger partial charge in [-0.15, -0.1) is 0 Å². The van der Waals surface area contributed by atoms with Crippen molar-refractivity contribution in [3.05, 3.63) is 75.1 Å². The quantitative estimate of drug-likeness (QED) is 0.455. The first kappa shape index (κ1) is 22.5. The fraction of sp³-hybridized carbons (Fsp3) is 0.407. The van der Waals surface area contributed by atoms with Crippen LogP contribution in [0.15, 0.2) is 47.3 Å². The Morgan fingerprint density at radius 2 is 1.78 bits per heavy atom. The summed E-state index contributed by atoms with van der Waals surface area (Å²) < 4.78 is 0. The van der Waals surface area contributed by atoms with Crippen LogP contribution in [0.4, 0.5) is 5.69 Å². The summed E-state index contributed by atoms with van der Waals surface area (Å²) >= 11 is 5.93. The molecule has 4 rings (SSSR count). The van der Waals surface area contributed by atoms with Crippen LogP contribution < -0.4 is 10.9 Å². The van der Waals surface area contributed by atoms with Crippen molar-refractivity contribution in [1.29, 1.82) is 0 Å². The number of fused-ring (bicyclic) bond motifs is 1. The van der Waals surface area contributed by atoms with E-state index in [1.54, 1.807) is 0 Å². The standard InChI is InChI=1S/C27H33N3OS/c1-4-20-10-8-9-13-24(20)28-27(32)30(22-11-6-5-7-12-22)17-21-16-23-18(2)14-15-19(3)25(23)29-26(21)31/h8-10,13-16,22H,4-7,11-12,17H2,1-3H3,(H,28,32)(H,29,31). The molecule has 0 atom stereocenters. The van der Waals surface area contributed by atoms with Gasteiger partial charge in [-0.3, -0.25) is 4.79 Å². The second-order valence-corrected chi connectivity index (χ2v) is 9.36. The van der Waals surface area contributed by atoms with Crippen molar-refractivity contribution >= 4 is 33.9 Å².